The molecule has 202 valence electrons. The number of carbonyl (C=O) groups is 2. The van der Waals surface area contributed by atoms with Crippen molar-refractivity contribution >= 4 is 44.3 Å². The maximum atomic E-state index is 14.2. The first-order valence-electron chi connectivity index (χ1n) is 11.8. The number of rotatable bonds is 5. The summed E-state index contributed by atoms with van der Waals surface area (Å²) in [6, 6.07) is 15.5. The van der Waals surface area contributed by atoms with Crippen LogP contribution in [0.1, 0.15) is 48.7 Å². The largest absolute Gasteiger partial charge is 0.455 e. The molecule has 4 rings (SSSR count). The lowest BCUT2D eigenvalue weighted by molar-refractivity contribution is 0.0959. The maximum absolute atomic E-state index is 14.2. The average Bonchev–Trinajstić information content (AvgIpc) is 2.84. The van der Waals surface area contributed by atoms with E-state index < -0.39 is 41.1 Å². The normalized spacial score (nSPS) is 11.5. The first kappa shape index (κ1) is 28.1. The van der Waals surface area contributed by atoms with Crippen LogP contribution in [0.3, 0.4) is 0 Å². The topological polar surface area (TPSA) is 67.4 Å². The van der Waals surface area contributed by atoms with E-state index in [1.807, 2.05) is 57.2 Å². The summed E-state index contributed by atoms with van der Waals surface area (Å²) < 4.78 is 62.2. The van der Waals surface area contributed by atoms with Crippen LogP contribution in [-0.2, 0) is 5.41 Å². The fourth-order valence-electron chi connectivity index (χ4n) is 4.06. The molecule has 0 bridgehead atoms. The minimum absolute atomic E-state index is 0.0719. The number of ether oxygens (including phenoxy) is 1. The third-order valence-corrected chi connectivity index (χ3v) is 6.75. The van der Waals surface area contributed by atoms with Crippen molar-refractivity contribution in [2.75, 3.05) is 5.32 Å². The molecule has 0 aliphatic carbocycles. The van der Waals surface area contributed by atoms with E-state index in [9.17, 15) is 27.2 Å². The highest BCUT2D eigenvalue weighted by Gasteiger charge is 2.26. The Bertz CT molecular complexity index is 1570. The lowest BCUT2D eigenvalue weighted by Gasteiger charge is -2.25. The van der Waals surface area contributed by atoms with Gasteiger partial charge >= 0.3 is 6.03 Å². The highest BCUT2D eigenvalue weighted by molar-refractivity contribution is 9.10. The molecule has 0 radical (unpaired) electrons. The van der Waals surface area contributed by atoms with Crippen molar-refractivity contribution in [2.45, 2.75) is 32.6 Å². The predicted octanol–water partition coefficient (Wildman–Crippen LogP) is 8.87. The van der Waals surface area contributed by atoms with Gasteiger partial charge in [-0.05, 0) is 51.0 Å². The highest BCUT2D eigenvalue weighted by atomic mass is 79.9. The number of anilines is 1. The number of hydrogen-bond acceptors (Lipinski definition) is 3. The van der Waals surface area contributed by atoms with Crippen LogP contribution in [0.5, 0.6) is 11.5 Å². The summed E-state index contributed by atoms with van der Waals surface area (Å²) >= 11 is 3.18. The van der Waals surface area contributed by atoms with Crippen LogP contribution in [0, 0.1) is 11.6 Å². The summed E-state index contributed by atoms with van der Waals surface area (Å²) in [4.78, 5) is 24.6. The van der Waals surface area contributed by atoms with Gasteiger partial charge in [-0.2, -0.15) is 0 Å². The molecule has 10 heteroatoms. The fraction of sp³-hybridized carbons (Fsp3) is 0.172. The van der Waals surface area contributed by atoms with Crippen LogP contribution >= 0.6 is 15.9 Å². The lowest BCUT2D eigenvalue weighted by atomic mass is 9.85. The number of halogens is 5. The monoisotopic (exact) mass is 602 g/mol. The standard InChI is InChI=1S/C29H23BrF4N2O3/c1-29(2,3)17-12-11-15-7-4-5-8-16(15)25(17)39-21-14-13-20(23(24(21)30)26(33)34)35-28(38)36-27(37)22-18(31)9-6-10-19(22)32/h4-14,26H,1-3H3,(H2,35,36,37,38). The summed E-state index contributed by atoms with van der Waals surface area (Å²) in [6.07, 6.45) is -3.06. The summed E-state index contributed by atoms with van der Waals surface area (Å²) in [5.41, 5.74) is -1.40. The van der Waals surface area contributed by atoms with Crippen LogP contribution in [-0.4, -0.2) is 11.9 Å². The molecule has 0 aromatic heterocycles. The van der Waals surface area contributed by atoms with Crippen molar-refractivity contribution < 1.29 is 31.9 Å². The van der Waals surface area contributed by atoms with E-state index in [1.165, 1.54) is 12.1 Å². The van der Waals surface area contributed by atoms with Gasteiger partial charge in [-0.15, -0.1) is 0 Å². The van der Waals surface area contributed by atoms with Gasteiger partial charge in [0.15, 0.2) is 0 Å². The molecule has 4 aromatic carbocycles. The van der Waals surface area contributed by atoms with Gasteiger partial charge < -0.3 is 10.1 Å². The third-order valence-electron chi connectivity index (χ3n) is 5.93. The van der Waals surface area contributed by atoms with Crippen molar-refractivity contribution in [1.29, 1.82) is 0 Å². The number of carbonyl (C=O) groups excluding carboxylic acids is 2. The number of alkyl halides is 2. The third kappa shape index (κ3) is 5.90. The van der Waals surface area contributed by atoms with Crippen molar-refractivity contribution in [3.8, 4) is 11.5 Å². The first-order chi connectivity index (χ1) is 18.4. The molecule has 0 aliphatic heterocycles. The van der Waals surface area contributed by atoms with Gasteiger partial charge in [0.05, 0.1) is 15.7 Å². The van der Waals surface area contributed by atoms with Crippen LogP contribution in [0.4, 0.5) is 28.0 Å². The SMILES string of the molecule is CC(C)(C)c1ccc2ccccc2c1Oc1ccc(NC(=O)NC(=O)c2c(F)cccc2F)c(C(F)F)c1Br. The van der Waals surface area contributed by atoms with Gasteiger partial charge in [-0.25, -0.2) is 22.4 Å². The van der Waals surface area contributed by atoms with Gasteiger partial charge in [-0.3, -0.25) is 10.1 Å². The van der Waals surface area contributed by atoms with Crippen molar-refractivity contribution in [3.63, 3.8) is 0 Å². The molecule has 0 fully saturated rings. The zero-order valence-corrected chi connectivity index (χ0v) is 22.6. The van der Waals surface area contributed by atoms with E-state index in [-0.39, 0.29) is 21.3 Å². The van der Waals surface area contributed by atoms with E-state index in [0.717, 1.165) is 34.5 Å². The number of imide groups is 1. The van der Waals surface area contributed by atoms with Crippen molar-refractivity contribution in [2.24, 2.45) is 0 Å². The molecule has 0 saturated heterocycles. The van der Waals surface area contributed by atoms with Crippen LogP contribution in [0.15, 0.2) is 71.2 Å². The Hall–Kier alpha value is -3.92. The van der Waals surface area contributed by atoms with E-state index >= 15 is 0 Å². The number of nitrogens with one attached hydrogen (secondary N) is 2. The zero-order chi connectivity index (χ0) is 28.5. The predicted molar refractivity (Wildman–Crippen MR) is 145 cm³/mol. The van der Waals surface area contributed by atoms with Crippen molar-refractivity contribution in [3.05, 3.63) is 99.5 Å². The first-order valence-corrected chi connectivity index (χ1v) is 12.5. The molecule has 4 aromatic rings. The van der Waals surface area contributed by atoms with Gasteiger partial charge in [0.25, 0.3) is 12.3 Å². The van der Waals surface area contributed by atoms with Gasteiger partial charge in [-0.1, -0.05) is 63.2 Å². The highest BCUT2D eigenvalue weighted by Crippen LogP contribution is 2.45. The maximum Gasteiger partial charge on any atom is 0.326 e. The van der Waals surface area contributed by atoms with Crippen LogP contribution in [0.25, 0.3) is 10.8 Å². The Morgan fingerprint density at radius 1 is 0.897 bits per heavy atom. The molecule has 0 spiro atoms. The van der Waals surface area contributed by atoms with E-state index in [4.69, 9.17) is 4.74 Å². The average molecular weight is 603 g/mol. The number of hydrogen-bond donors (Lipinski definition) is 2. The molecule has 0 atom stereocenters. The molecule has 0 heterocycles. The van der Waals surface area contributed by atoms with Gasteiger partial charge in [0, 0.05) is 10.9 Å². The van der Waals surface area contributed by atoms with Crippen LogP contribution < -0.4 is 15.4 Å². The second-order valence-corrected chi connectivity index (χ2v) is 10.5. The van der Waals surface area contributed by atoms with Gasteiger partial charge in [0.2, 0.25) is 0 Å². The Balaban J connectivity index is 1.67. The molecule has 0 unspecified atom stereocenters. The van der Waals surface area contributed by atoms with Crippen LogP contribution in [0.2, 0.25) is 0 Å². The Labute approximate surface area is 230 Å². The Morgan fingerprint density at radius 2 is 1.56 bits per heavy atom. The van der Waals surface area contributed by atoms with Crippen molar-refractivity contribution in [1.82, 2.24) is 5.32 Å². The smallest absolute Gasteiger partial charge is 0.326 e. The molecule has 5 nitrogen and oxygen atoms in total. The van der Waals surface area contributed by atoms with E-state index in [0.29, 0.717) is 5.75 Å². The molecule has 0 saturated carbocycles. The molecule has 39 heavy (non-hydrogen) atoms. The molecular weight excluding hydrogens is 580 g/mol. The number of fused-ring (bicyclic) bond motifs is 1. The number of amides is 3. The number of benzene rings is 4. The molecule has 0 aliphatic rings. The Morgan fingerprint density at radius 3 is 2.21 bits per heavy atom. The zero-order valence-electron chi connectivity index (χ0n) is 21.0. The fourth-order valence-corrected chi connectivity index (χ4v) is 4.66. The number of urea groups is 1. The second kappa shape index (κ2) is 11.1. The lowest BCUT2D eigenvalue weighted by Crippen LogP contribution is -2.35. The summed E-state index contributed by atoms with van der Waals surface area (Å²) in [5.74, 6) is -3.16. The minimum atomic E-state index is -3.06. The summed E-state index contributed by atoms with van der Waals surface area (Å²) in [5, 5.41) is 5.59. The minimum Gasteiger partial charge on any atom is -0.455 e. The van der Waals surface area contributed by atoms with E-state index in [2.05, 4.69) is 21.2 Å². The second-order valence-electron chi connectivity index (χ2n) is 9.66. The summed E-state index contributed by atoms with van der Waals surface area (Å²) in [6.45, 7) is 6.01. The molecule has 3 amide bonds. The summed E-state index contributed by atoms with van der Waals surface area (Å²) in [7, 11) is 0. The molecule has 2 N–H and O–H groups in total. The van der Waals surface area contributed by atoms with Gasteiger partial charge in [0.1, 0.15) is 28.7 Å². The Kier molecular flexibility index (Phi) is 7.96. The van der Waals surface area contributed by atoms with E-state index in [1.54, 1.807) is 5.32 Å². The molecular formula is C29H23BrF4N2O3. The quantitative estimate of drug-likeness (QED) is 0.224.